The molecule has 0 aliphatic rings. The number of hydrazone groups is 1. The molecule has 0 saturated carbocycles. The lowest BCUT2D eigenvalue weighted by Crippen LogP contribution is -2.21. The molecule has 30 heavy (non-hydrogen) atoms. The maximum Gasteiger partial charge on any atom is 0.270 e. The second-order valence-electron chi connectivity index (χ2n) is 6.80. The number of nitrogens with zero attached hydrogens (tertiary/aromatic N) is 2. The molecule has 2 N–H and O–H groups in total. The number of hydrogen-bond donors (Lipinski definition) is 2. The minimum atomic E-state index is -0.349. The molecule has 0 aliphatic heterocycles. The number of rotatable bonds is 7. The normalized spacial score (nSPS) is 11.4. The van der Waals surface area contributed by atoms with Crippen molar-refractivity contribution in [1.82, 2.24) is 15.4 Å². The molecule has 1 amide bonds. The zero-order valence-corrected chi connectivity index (χ0v) is 17.9. The average molecular weight is 447 g/mol. The number of fused-ring (bicyclic) bond motifs is 1. The van der Waals surface area contributed by atoms with Crippen molar-refractivity contribution in [3.63, 3.8) is 0 Å². The number of amides is 1. The third-order valence-corrected chi connectivity index (χ3v) is 4.60. The van der Waals surface area contributed by atoms with Crippen molar-refractivity contribution in [2.24, 2.45) is 5.10 Å². The number of carbonyl (C=O) groups is 1. The number of aromatic nitrogens is 2. The molecule has 1 heterocycles. The summed E-state index contributed by atoms with van der Waals surface area (Å²) >= 11 is 12.4. The molecule has 0 unspecified atom stereocenters. The van der Waals surface area contributed by atoms with Crippen molar-refractivity contribution < 1.29 is 9.53 Å². The van der Waals surface area contributed by atoms with Gasteiger partial charge < -0.3 is 9.72 Å². The first-order valence-corrected chi connectivity index (χ1v) is 10.0. The SMILES string of the molecule is CC(C)Oc1c(Cl)cc(/C=N\NC(=O)CCc2nc3ccccc3[nH]c2=O)cc1Cl. The number of aryl methyl sites for hydroxylation is 1. The molecule has 1 aromatic heterocycles. The lowest BCUT2D eigenvalue weighted by Gasteiger charge is -2.13. The Kier molecular flexibility index (Phi) is 7.07. The fourth-order valence-electron chi connectivity index (χ4n) is 2.71. The summed E-state index contributed by atoms with van der Waals surface area (Å²) in [5.74, 6) is 0.0557. The number of aromatic amines is 1. The van der Waals surface area contributed by atoms with Gasteiger partial charge in [0, 0.05) is 12.8 Å². The average Bonchev–Trinajstić information content (AvgIpc) is 2.69. The van der Waals surface area contributed by atoms with Crippen LogP contribution in [0, 0.1) is 0 Å². The number of H-pyrrole nitrogens is 1. The first-order chi connectivity index (χ1) is 14.3. The van der Waals surface area contributed by atoms with Crippen molar-refractivity contribution in [1.29, 1.82) is 0 Å². The van der Waals surface area contributed by atoms with Crippen molar-refractivity contribution in [3.8, 4) is 5.75 Å². The molecule has 0 aliphatic carbocycles. The van der Waals surface area contributed by atoms with Gasteiger partial charge in [0.15, 0.2) is 5.75 Å². The molecular formula is C21H20Cl2N4O3. The van der Waals surface area contributed by atoms with E-state index in [0.29, 0.717) is 38.1 Å². The van der Waals surface area contributed by atoms with Crippen LogP contribution in [0.5, 0.6) is 5.75 Å². The number of ether oxygens (including phenoxy) is 1. The summed E-state index contributed by atoms with van der Waals surface area (Å²) in [6.07, 6.45) is 1.62. The molecule has 3 aromatic rings. The summed E-state index contributed by atoms with van der Waals surface area (Å²) in [6, 6.07) is 10.5. The number of hydrogen-bond acceptors (Lipinski definition) is 5. The number of carbonyl (C=O) groups excluding carboxylic acids is 1. The quantitative estimate of drug-likeness (QED) is 0.421. The number of halogens is 2. The van der Waals surface area contributed by atoms with Gasteiger partial charge in [-0.1, -0.05) is 35.3 Å². The van der Waals surface area contributed by atoms with Gasteiger partial charge in [-0.3, -0.25) is 9.59 Å². The zero-order chi connectivity index (χ0) is 21.7. The molecule has 0 fully saturated rings. The van der Waals surface area contributed by atoms with Crippen LogP contribution in [-0.2, 0) is 11.2 Å². The maximum absolute atomic E-state index is 12.1. The van der Waals surface area contributed by atoms with Crippen molar-refractivity contribution in [2.45, 2.75) is 32.8 Å². The van der Waals surface area contributed by atoms with E-state index in [-0.39, 0.29) is 30.4 Å². The van der Waals surface area contributed by atoms with Crippen LogP contribution in [0.25, 0.3) is 11.0 Å². The molecule has 0 atom stereocenters. The largest absolute Gasteiger partial charge is 0.488 e. The maximum atomic E-state index is 12.1. The van der Waals surface area contributed by atoms with E-state index in [4.69, 9.17) is 27.9 Å². The predicted octanol–water partition coefficient (Wildman–Crippen LogP) is 4.10. The fraction of sp³-hybridized carbons (Fsp3) is 0.238. The minimum Gasteiger partial charge on any atom is -0.488 e. The Morgan fingerprint density at radius 1 is 1.27 bits per heavy atom. The summed E-state index contributed by atoms with van der Waals surface area (Å²) in [4.78, 5) is 31.2. The molecule has 0 radical (unpaired) electrons. The van der Waals surface area contributed by atoms with Crippen LogP contribution in [0.2, 0.25) is 10.0 Å². The van der Waals surface area contributed by atoms with Gasteiger partial charge in [0.25, 0.3) is 5.56 Å². The minimum absolute atomic E-state index is 0.0639. The van der Waals surface area contributed by atoms with Gasteiger partial charge in [0.05, 0.1) is 33.4 Å². The van der Waals surface area contributed by atoms with Crippen LogP contribution < -0.4 is 15.7 Å². The molecule has 7 nitrogen and oxygen atoms in total. The molecule has 0 saturated heterocycles. The number of para-hydroxylation sites is 2. The van der Waals surface area contributed by atoms with E-state index in [2.05, 4.69) is 20.5 Å². The van der Waals surface area contributed by atoms with Crippen LogP contribution in [0.15, 0.2) is 46.3 Å². The molecule has 156 valence electrons. The van der Waals surface area contributed by atoms with E-state index in [0.717, 1.165) is 0 Å². The first-order valence-electron chi connectivity index (χ1n) is 9.29. The molecule has 0 spiro atoms. The van der Waals surface area contributed by atoms with Gasteiger partial charge in [-0.25, -0.2) is 10.4 Å². The van der Waals surface area contributed by atoms with E-state index in [1.165, 1.54) is 6.21 Å². The van der Waals surface area contributed by atoms with Gasteiger partial charge in [-0.2, -0.15) is 5.10 Å². The van der Waals surface area contributed by atoms with Crippen molar-refractivity contribution in [2.75, 3.05) is 0 Å². The Hall–Kier alpha value is -2.90. The standard InChI is InChI=1S/C21H20Cl2N4O3/c1-12(2)30-20-14(22)9-13(10-15(20)23)11-24-27-19(28)8-7-18-21(29)26-17-6-4-3-5-16(17)25-18/h3-6,9-12H,7-8H2,1-2H3,(H,26,29)(H,27,28)/b24-11-. The topological polar surface area (TPSA) is 96.4 Å². The summed E-state index contributed by atoms with van der Waals surface area (Å²) in [6.45, 7) is 3.75. The Labute approximate surface area is 183 Å². The second-order valence-corrected chi connectivity index (χ2v) is 7.62. The van der Waals surface area contributed by atoms with Crippen LogP contribution in [0.3, 0.4) is 0 Å². The highest BCUT2D eigenvalue weighted by Gasteiger charge is 2.11. The molecule has 3 rings (SSSR count). The third kappa shape index (κ3) is 5.58. The first kappa shape index (κ1) is 21.8. The van der Waals surface area contributed by atoms with E-state index < -0.39 is 0 Å². The smallest absolute Gasteiger partial charge is 0.270 e. The summed E-state index contributed by atoms with van der Waals surface area (Å²) in [7, 11) is 0. The summed E-state index contributed by atoms with van der Waals surface area (Å²) in [5, 5.41) is 4.61. The monoisotopic (exact) mass is 446 g/mol. The van der Waals surface area contributed by atoms with Gasteiger partial charge >= 0.3 is 0 Å². The van der Waals surface area contributed by atoms with Crippen molar-refractivity contribution >= 4 is 46.4 Å². The van der Waals surface area contributed by atoms with Gasteiger partial charge in [-0.15, -0.1) is 0 Å². The lowest BCUT2D eigenvalue weighted by molar-refractivity contribution is -0.121. The van der Waals surface area contributed by atoms with Crippen LogP contribution in [0.1, 0.15) is 31.5 Å². The van der Waals surface area contributed by atoms with E-state index in [1.807, 2.05) is 26.0 Å². The Balaban J connectivity index is 1.59. The molecule has 2 aromatic carbocycles. The van der Waals surface area contributed by atoms with E-state index in [9.17, 15) is 9.59 Å². The Bertz CT molecular complexity index is 1140. The highest BCUT2D eigenvalue weighted by molar-refractivity contribution is 6.37. The zero-order valence-electron chi connectivity index (χ0n) is 16.4. The van der Waals surface area contributed by atoms with Crippen molar-refractivity contribution in [3.05, 3.63) is 68.1 Å². The van der Waals surface area contributed by atoms with E-state index >= 15 is 0 Å². The second kappa shape index (κ2) is 9.73. The third-order valence-electron chi connectivity index (χ3n) is 4.04. The van der Waals surface area contributed by atoms with Crippen LogP contribution >= 0.6 is 23.2 Å². The van der Waals surface area contributed by atoms with Gasteiger partial charge in [0.2, 0.25) is 5.91 Å². The number of benzene rings is 2. The highest BCUT2D eigenvalue weighted by atomic mass is 35.5. The van der Waals surface area contributed by atoms with Crippen LogP contribution in [-0.4, -0.2) is 28.2 Å². The summed E-state index contributed by atoms with van der Waals surface area (Å²) in [5.41, 5.74) is 4.34. The number of nitrogens with one attached hydrogen (secondary N) is 2. The predicted molar refractivity (Wildman–Crippen MR) is 119 cm³/mol. The fourth-order valence-corrected chi connectivity index (χ4v) is 3.30. The summed E-state index contributed by atoms with van der Waals surface area (Å²) < 4.78 is 5.57. The van der Waals surface area contributed by atoms with Gasteiger partial charge in [-0.05, 0) is 43.7 Å². The van der Waals surface area contributed by atoms with E-state index in [1.54, 1.807) is 24.3 Å². The lowest BCUT2D eigenvalue weighted by atomic mass is 10.2. The molecule has 0 bridgehead atoms. The molecular weight excluding hydrogens is 427 g/mol. The van der Waals surface area contributed by atoms with Crippen LogP contribution in [0.4, 0.5) is 0 Å². The van der Waals surface area contributed by atoms with Gasteiger partial charge in [0.1, 0.15) is 5.69 Å². The molecule has 9 heteroatoms. The highest BCUT2D eigenvalue weighted by Crippen LogP contribution is 2.34. The Morgan fingerprint density at radius 3 is 2.67 bits per heavy atom. The Morgan fingerprint density at radius 2 is 1.97 bits per heavy atom.